The number of carbonyl (C=O) groups is 3. The molecule has 9 nitrogen and oxygen atoms in total. The second-order valence-corrected chi connectivity index (χ2v) is 11.0. The molecule has 0 aliphatic carbocycles. The lowest BCUT2D eigenvalue weighted by Gasteiger charge is -2.21. The molecule has 3 aromatic carbocycles. The van der Waals surface area contributed by atoms with E-state index in [4.69, 9.17) is 32.7 Å². The molecule has 0 aliphatic heterocycles. The van der Waals surface area contributed by atoms with Crippen molar-refractivity contribution in [2.45, 2.75) is 19.7 Å². The van der Waals surface area contributed by atoms with Crippen LogP contribution in [0.25, 0.3) is 17.0 Å². The zero-order valence-electron chi connectivity index (χ0n) is 25.4. The number of likely N-dealkylation sites (N-methyl/N-ethyl adjacent to an activating group) is 1. The van der Waals surface area contributed by atoms with Gasteiger partial charge in [0.25, 0.3) is 5.91 Å². The SMILES string of the molecule is CNC(=O)c1ccc(C=CC(=O)NCC(=O)N(C)c2ccc(Cl)c(COc3cccc4c(OCC(F)(F)F)cc(C)nc34)c2Cl)cc1. The molecule has 0 bridgehead atoms. The summed E-state index contributed by atoms with van der Waals surface area (Å²) in [6.45, 7) is -0.336. The second-order valence-electron chi connectivity index (χ2n) is 10.2. The second kappa shape index (κ2) is 15.2. The molecule has 14 heteroatoms. The number of carbonyl (C=O) groups excluding carboxylic acids is 3. The summed E-state index contributed by atoms with van der Waals surface area (Å²) in [5, 5.41) is 5.75. The van der Waals surface area contributed by atoms with E-state index in [1.54, 1.807) is 61.5 Å². The van der Waals surface area contributed by atoms with Crippen molar-refractivity contribution in [3.8, 4) is 11.5 Å². The van der Waals surface area contributed by atoms with Crippen molar-refractivity contribution < 1.29 is 37.0 Å². The maximum atomic E-state index is 12.9. The van der Waals surface area contributed by atoms with Crippen LogP contribution in [0, 0.1) is 6.92 Å². The lowest BCUT2D eigenvalue weighted by molar-refractivity contribution is -0.153. The van der Waals surface area contributed by atoms with Crippen molar-refractivity contribution in [1.82, 2.24) is 15.6 Å². The Labute approximate surface area is 278 Å². The highest BCUT2D eigenvalue weighted by Gasteiger charge is 2.29. The Hall–Kier alpha value is -4.81. The van der Waals surface area contributed by atoms with Gasteiger partial charge < -0.3 is 25.0 Å². The van der Waals surface area contributed by atoms with Crippen LogP contribution in [-0.4, -0.2) is 56.1 Å². The summed E-state index contributed by atoms with van der Waals surface area (Å²) in [5.74, 6) is -0.952. The maximum Gasteiger partial charge on any atom is 0.422 e. The Morgan fingerprint density at radius 1 is 1.00 bits per heavy atom. The summed E-state index contributed by atoms with van der Waals surface area (Å²) >= 11 is 13.1. The minimum atomic E-state index is -4.52. The van der Waals surface area contributed by atoms with Gasteiger partial charge in [0.05, 0.1) is 17.3 Å². The Morgan fingerprint density at radius 2 is 1.72 bits per heavy atom. The lowest BCUT2D eigenvalue weighted by Crippen LogP contribution is -2.37. The lowest BCUT2D eigenvalue weighted by atomic mass is 10.1. The molecule has 0 radical (unpaired) electrons. The van der Waals surface area contributed by atoms with Gasteiger partial charge in [0.1, 0.15) is 23.6 Å². The first-order valence-corrected chi connectivity index (χ1v) is 14.8. The maximum absolute atomic E-state index is 12.9. The van der Waals surface area contributed by atoms with Gasteiger partial charge in [0.15, 0.2) is 6.61 Å². The van der Waals surface area contributed by atoms with E-state index < -0.39 is 24.6 Å². The minimum absolute atomic E-state index is 0.00702. The third-order valence-electron chi connectivity index (χ3n) is 6.80. The molecular weight excluding hydrogens is 660 g/mol. The van der Waals surface area contributed by atoms with Gasteiger partial charge >= 0.3 is 6.18 Å². The fourth-order valence-electron chi connectivity index (χ4n) is 4.37. The number of fused-ring (bicyclic) bond motifs is 1. The molecule has 0 saturated heterocycles. The Kier molecular flexibility index (Phi) is 11.3. The van der Waals surface area contributed by atoms with Crippen LogP contribution >= 0.6 is 23.2 Å². The van der Waals surface area contributed by atoms with Crippen molar-refractivity contribution >= 4 is 63.6 Å². The summed E-state index contributed by atoms with van der Waals surface area (Å²) in [5.41, 5.74) is 2.51. The van der Waals surface area contributed by atoms with Crippen molar-refractivity contribution in [3.05, 3.63) is 99.2 Å². The number of ether oxygens (including phenoxy) is 2. The van der Waals surface area contributed by atoms with Crippen LogP contribution < -0.4 is 25.0 Å². The smallest absolute Gasteiger partial charge is 0.422 e. The Bertz CT molecular complexity index is 1830. The molecule has 0 aliphatic rings. The quantitative estimate of drug-likeness (QED) is 0.174. The zero-order chi connectivity index (χ0) is 34.3. The number of hydrogen-bond acceptors (Lipinski definition) is 6. The van der Waals surface area contributed by atoms with Gasteiger partial charge in [-0.05, 0) is 55.0 Å². The molecule has 0 unspecified atom stereocenters. The molecular formula is C33H29Cl2F3N4O5. The highest BCUT2D eigenvalue weighted by molar-refractivity contribution is 6.38. The predicted octanol–water partition coefficient (Wildman–Crippen LogP) is 6.52. The number of rotatable bonds is 11. The standard InChI is InChI=1S/C33H29Cl2F3N4O5/c1-19-15-27(47-18-33(36,37)38)22-5-4-6-26(31(22)41-19)46-17-23-24(34)12-13-25(30(23)35)42(3)29(44)16-40-28(43)14-9-20-7-10-21(11-8-20)32(45)39-2/h4-15H,16-18H2,1-3H3,(H,39,45)(H,40,43). The monoisotopic (exact) mass is 688 g/mol. The summed E-state index contributed by atoms with van der Waals surface area (Å²) in [4.78, 5) is 42.6. The Balaban J connectivity index is 1.43. The molecule has 1 heterocycles. The number of benzene rings is 3. The predicted molar refractivity (Wildman–Crippen MR) is 174 cm³/mol. The van der Waals surface area contributed by atoms with E-state index in [9.17, 15) is 27.6 Å². The van der Waals surface area contributed by atoms with E-state index in [1.165, 1.54) is 37.2 Å². The summed E-state index contributed by atoms with van der Waals surface area (Å²) in [6.07, 6.45) is -1.71. The number of amides is 3. The molecule has 0 saturated carbocycles. The van der Waals surface area contributed by atoms with E-state index >= 15 is 0 Å². The number of alkyl halides is 3. The average Bonchev–Trinajstić information content (AvgIpc) is 3.04. The number of anilines is 1. The molecule has 0 fully saturated rings. The molecule has 2 N–H and O–H groups in total. The number of aryl methyl sites for hydroxylation is 1. The van der Waals surface area contributed by atoms with Crippen LogP contribution in [0.2, 0.25) is 10.0 Å². The van der Waals surface area contributed by atoms with E-state index in [2.05, 4.69) is 15.6 Å². The summed E-state index contributed by atoms with van der Waals surface area (Å²) in [7, 11) is 3.01. The number of halogens is 5. The topological polar surface area (TPSA) is 110 Å². The van der Waals surface area contributed by atoms with Crippen molar-refractivity contribution in [3.63, 3.8) is 0 Å². The molecule has 0 atom stereocenters. The third-order valence-corrected chi connectivity index (χ3v) is 7.57. The van der Waals surface area contributed by atoms with E-state index in [0.717, 1.165) is 0 Å². The largest absolute Gasteiger partial charge is 0.487 e. The van der Waals surface area contributed by atoms with Crippen LogP contribution in [0.1, 0.15) is 27.2 Å². The normalized spacial score (nSPS) is 11.4. The van der Waals surface area contributed by atoms with Gasteiger partial charge in [-0.25, -0.2) is 4.98 Å². The van der Waals surface area contributed by atoms with Crippen LogP contribution in [0.3, 0.4) is 0 Å². The van der Waals surface area contributed by atoms with Crippen molar-refractivity contribution in [2.24, 2.45) is 0 Å². The molecule has 0 spiro atoms. The van der Waals surface area contributed by atoms with E-state index in [-0.39, 0.29) is 46.1 Å². The average molecular weight is 690 g/mol. The first-order chi connectivity index (χ1) is 22.3. The number of aromatic nitrogens is 1. The minimum Gasteiger partial charge on any atom is -0.487 e. The van der Waals surface area contributed by atoms with Crippen LogP contribution in [0.5, 0.6) is 11.5 Å². The number of nitrogens with one attached hydrogen (secondary N) is 2. The van der Waals surface area contributed by atoms with Gasteiger partial charge in [-0.1, -0.05) is 41.4 Å². The van der Waals surface area contributed by atoms with Gasteiger partial charge in [0.2, 0.25) is 11.8 Å². The van der Waals surface area contributed by atoms with Crippen LogP contribution in [-0.2, 0) is 16.2 Å². The number of hydrogen-bond donors (Lipinski definition) is 2. The van der Waals surface area contributed by atoms with Gasteiger partial charge in [-0.3, -0.25) is 14.4 Å². The van der Waals surface area contributed by atoms with E-state index in [0.29, 0.717) is 33.5 Å². The van der Waals surface area contributed by atoms with Gasteiger partial charge in [-0.15, -0.1) is 0 Å². The fraction of sp³-hybridized carbons (Fsp3) is 0.212. The number of nitrogens with zero attached hydrogens (tertiary/aromatic N) is 2. The third kappa shape index (κ3) is 9.14. The molecule has 1 aromatic heterocycles. The molecule has 3 amide bonds. The van der Waals surface area contributed by atoms with Crippen LogP contribution in [0.4, 0.5) is 18.9 Å². The highest BCUT2D eigenvalue weighted by atomic mass is 35.5. The molecule has 246 valence electrons. The Morgan fingerprint density at radius 3 is 2.40 bits per heavy atom. The van der Waals surface area contributed by atoms with Gasteiger partial charge in [0, 0.05) is 53.5 Å². The highest BCUT2D eigenvalue weighted by Crippen LogP contribution is 2.37. The number of pyridine rings is 1. The fourth-order valence-corrected chi connectivity index (χ4v) is 4.98. The molecule has 4 rings (SSSR count). The molecule has 4 aromatic rings. The van der Waals surface area contributed by atoms with Crippen molar-refractivity contribution in [1.29, 1.82) is 0 Å². The zero-order valence-corrected chi connectivity index (χ0v) is 26.9. The summed E-state index contributed by atoms with van der Waals surface area (Å²) in [6, 6.07) is 15.9. The summed E-state index contributed by atoms with van der Waals surface area (Å²) < 4.78 is 49.4. The van der Waals surface area contributed by atoms with Crippen molar-refractivity contribution in [2.75, 3.05) is 32.1 Å². The van der Waals surface area contributed by atoms with Gasteiger partial charge in [-0.2, -0.15) is 13.2 Å². The van der Waals surface area contributed by atoms with Crippen LogP contribution in [0.15, 0.2) is 66.7 Å². The number of para-hydroxylation sites is 1. The first-order valence-electron chi connectivity index (χ1n) is 14.0. The van der Waals surface area contributed by atoms with E-state index in [1.807, 2.05) is 0 Å². The first kappa shape index (κ1) is 35.1. The molecule has 47 heavy (non-hydrogen) atoms.